The van der Waals surface area contributed by atoms with Crippen molar-refractivity contribution in [2.24, 2.45) is 0 Å². The Labute approximate surface area is 144 Å². The van der Waals surface area contributed by atoms with Crippen LogP contribution in [0.3, 0.4) is 0 Å². The molecule has 2 aliphatic rings. The second-order valence-corrected chi connectivity index (χ2v) is 6.99. The Morgan fingerprint density at radius 2 is 2.08 bits per heavy atom. The molecule has 2 aliphatic carbocycles. The van der Waals surface area contributed by atoms with Gasteiger partial charge in [0.2, 0.25) is 0 Å². The monoisotopic (exact) mass is 347 g/mol. The van der Waals surface area contributed by atoms with Crippen molar-refractivity contribution in [1.29, 1.82) is 0 Å². The first kappa shape index (κ1) is 15.4. The zero-order chi connectivity index (χ0) is 16.8. The Morgan fingerprint density at radius 3 is 2.67 bits per heavy atom. The summed E-state index contributed by atoms with van der Waals surface area (Å²) in [5.74, 6) is 2.59. The molecule has 0 radical (unpaired) electrons. The molecule has 1 heterocycles. The largest absolute Gasteiger partial charge is 0.376 e. The van der Waals surface area contributed by atoms with Crippen molar-refractivity contribution >= 4 is 23.0 Å². The van der Waals surface area contributed by atoms with Gasteiger partial charge >= 0.3 is 0 Å². The minimum Gasteiger partial charge on any atom is -0.376 e. The van der Waals surface area contributed by atoms with E-state index in [0.29, 0.717) is 29.2 Å². The zero-order valence-corrected chi connectivity index (χ0v) is 14.1. The smallest absolute Gasteiger partial charge is 0.271 e. The highest BCUT2D eigenvalue weighted by molar-refractivity contribution is 6.33. The van der Waals surface area contributed by atoms with E-state index in [4.69, 9.17) is 11.6 Å². The Kier molecular flexibility index (Phi) is 3.68. The van der Waals surface area contributed by atoms with E-state index in [0.717, 1.165) is 17.2 Å². The summed E-state index contributed by atoms with van der Waals surface area (Å²) in [7, 11) is 0. The number of benzene rings is 1. The fourth-order valence-corrected chi connectivity index (χ4v) is 3.36. The molecule has 1 aromatic heterocycles. The number of hydrogen-bond donors (Lipinski definition) is 1. The average Bonchev–Trinajstić information content (AvgIpc) is 3.45. The van der Waals surface area contributed by atoms with E-state index >= 15 is 0 Å². The van der Waals surface area contributed by atoms with Crippen LogP contribution in [-0.4, -0.2) is 19.7 Å². The molecule has 0 aliphatic heterocycles. The van der Waals surface area contributed by atoms with Crippen molar-refractivity contribution in [2.45, 2.75) is 51.1 Å². The van der Waals surface area contributed by atoms with Gasteiger partial charge in [0, 0.05) is 24.1 Å². The van der Waals surface area contributed by atoms with Crippen LogP contribution < -0.4 is 5.32 Å². The Balaban J connectivity index is 1.56. The van der Waals surface area contributed by atoms with Gasteiger partial charge in [-0.2, -0.15) is 0 Å². The van der Waals surface area contributed by atoms with Gasteiger partial charge in [0.25, 0.3) is 5.69 Å². The molecule has 2 aromatic rings. The quantitative estimate of drug-likeness (QED) is 0.631. The van der Waals surface area contributed by atoms with Crippen LogP contribution in [0.25, 0.3) is 0 Å². The molecule has 0 bridgehead atoms. The summed E-state index contributed by atoms with van der Waals surface area (Å²) in [4.78, 5) is 10.5. The summed E-state index contributed by atoms with van der Waals surface area (Å²) in [6, 6.07) is 3.42. The maximum Gasteiger partial charge on any atom is 0.271 e. The number of anilines is 1. The molecular weight excluding hydrogens is 330 g/mol. The molecule has 4 rings (SSSR count). The number of hydrogen-bond acceptors (Lipinski definition) is 5. The van der Waals surface area contributed by atoms with Crippen LogP contribution in [0.2, 0.25) is 5.02 Å². The lowest BCUT2D eigenvalue weighted by molar-refractivity contribution is -0.384. The fraction of sp³-hybridized carbons (Fsp3) is 0.500. The molecule has 0 amide bonds. The first-order chi connectivity index (χ1) is 11.5. The molecule has 1 N–H and O–H groups in total. The van der Waals surface area contributed by atoms with Crippen molar-refractivity contribution < 1.29 is 4.92 Å². The second-order valence-electron chi connectivity index (χ2n) is 6.58. The van der Waals surface area contributed by atoms with Crippen LogP contribution in [0, 0.1) is 17.0 Å². The number of non-ortho nitro benzene ring substituents is 1. The van der Waals surface area contributed by atoms with E-state index in [-0.39, 0.29) is 5.69 Å². The van der Waals surface area contributed by atoms with E-state index in [1.807, 2.05) is 6.92 Å². The highest BCUT2D eigenvalue weighted by Gasteiger charge is 2.36. The van der Waals surface area contributed by atoms with Gasteiger partial charge < -0.3 is 9.88 Å². The number of nitrogens with zero attached hydrogens (tertiary/aromatic N) is 4. The van der Waals surface area contributed by atoms with E-state index in [2.05, 4.69) is 20.1 Å². The maximum atomic E-state index is 10.9. The van der Waals surface area contributed by atoms with Crippen molar-refractivity contribution in [3.63, 3.8) is 0 Å². The third-order valence-electron chi connectivity index (χ3n) is 4.55. The van der Waals surface area contributed by atoms with Crippen molar-refractivity contribution in [3.05, 3.63) is 44.5 Å². The van der Waals surface area contributed by atoms with Crippen LogP contribution in [-0.2, 0) is 6.54 Å². The molecule has 126 valence electrons. The van der Waals surface area contributed by atoms with Gasteiger partial charge in [0.15, 0.2) is 5.82 Å². The van der Waals surface area contributed by atoms with Gasteiger partial charge in [-0.15, -0.1) is 10.2 Å². The number of nitro groups is 1. The lowest BCUT2D eigenvalue weighted by Crippen LogP contribution is -2.11. The molecule has 8 heteroatoms. The zero-order valence-electron chi connectivity index (χ0n) is 13.3. The first-order valence-electron chi connectivity index (χ1n) is 8.16. The molecule has 24 heavy (non-hydrogen) atoms. The predicted molar refractivity (Wildman–Crippen MR) is 90.4 cm³/mol. The Morgan fingerprint density at radius 1 is 1.33 bits per heavy atom. The highest BCUT2D eigenvalue weighted by atomic mass is 35.5. The van der Waals surface area contributed by atoms with Crippen LogP contribution >= 0.6 is 11.6 Å². The summed E-state index contributed by atoms with van der Waals surface area (Å²) in [6.45, 7) is 2.32. The standard InChI is InChI=1S/C16H18ClN5O2/c1-9-6-12(22(23)24)7-13(17)15(9)18-8-14-19-20-16(10-2-3-10)21(14)11-4-5-11/h6-7,10-11,18H,2-5,8H2,1H3. The third kappa shape index (κ3) is 2.84. The number of aryl methyl sites for hydroxylation is 1. The van der Waals surface area contributed by atoms with Gasteiger partial charge in [-0.3, -0.25) is 10.1 Å². The third-order valence-corrected chi connectivity index (χ3v) is 4.85. The lowest BCUT2D eigenvalue weighted by atomic mass is 10.1. The summed E-state index contributed by atoms with van der Waals surface area (Å²) in [6.07, 6.45) is 4.77. The van der Waals surface area contributed by atoms with Crippen molar-refractivity contribution in [1.82, 2.24) is 14.8 Å². The summed E-state index contributed by atoms with van der Waals surface area (Å²) >= 11 is 6.22. The lowest BCUT2D eigenvalue weighted by Gasteiger charge is -2.13. The Bertz CT molecular complexity index is 788. The normalized spacial score (nSPS) is 17.1. The van der Waals surface area contributed by atoms with Gasteiger partial charge in [0.1, 0.15) is 5.82 Å². The summed E-state index contributed by atoms with van der Waals surface area (Å²) < 4.78 is 2.28. The molecule has 1 aromatic carbocycles. The van der Waals surface area contributed by atoms with Crippen LogP contribution in [0.15, 0.2) is 12.1 Å². The highest BCUT2D eigenvalue weighted by Crippen LogP contribution is 2.44. The van der Waals surface area contributed by atoms with Gasteiger partial charge in [-0.1, -0.05) is 11.6 Å². The molecule has 0 unspecified atom stereocenters. The van der Waals surface area contributed by atoms with E-state index < -0.39 is 4.92 Å². The van der Waals surface area contributed by atoms with Gasteiger partial charge in [-0.25, -0.2) is 0 Å². The molecule has 2 fully saturated rings. The molecule has 7 nitrogen and oxygen atoms in total. The molecular formula is C16H18ClN5O2. The predicted octanol–water partition coefficient (Wildman–Crippen LogP) is 3.97. The Hall–Kier alpha value is -2.15. The number of rotatable bonds is 6. The van der Waals surface area contributed by atoms with Gasteiger partial charge in [-0.05, 0) is 38.2 Å². The van der Waals surface area contributed by atoms with E-state index in [9.17, 15) is 10.1 Å². The summed E-state index contributed by atoms with van der Waals surface area (Å²) in [5, 5.41) is 23.3. The maximum absolute atomic E-state index is 10.9. The van der Waals surface area contributed by atoms with Crippen LogP contribution in [0.1, 0.15) is 54.9 Å². The number of aromatic nitrogens is 3. The van der Waals surface area contributed by atoms with Crippen LogP contribution in [0.4, 0.5) is 11.4 Å². The van der Waals surface area contributed by atoms with Crippen molar-refractivity contribution in [3.8, 4) is 0 Å². The molecule has 0 spiro atoms. The number of nitrogens with one attached hydrogen (secondary N) is 1. The van der Waals surface area contributed by atoms with E-state index in [1.165, 1.54) is 37.8 Å². The topological polar surface area (TPSA) is 85.9 Å². The molecule has 0 atom stereocenters. The fourth-order valence-electron chi connectivity index (χ4n) is 3.03. The SMILES string of the molecule is Cc1cc([N+](=O)[O-])cc(Cl)c1NCc1nnc(C2CC2)n1C1CC1. The average molecular weight is 348 g/mol. The second kappa shape index (κ2) is 5.73. The van der Waals surface area contributed by atoms with E-state index in [1.54, 1.807) is 0 Å². The summed E-state index contributed by atoms with van der Waals surface area (Å²) in [5.41, 5.74) is 1.45. The minimum absolute atomic E-state index is 0.000201. The number of halogens is 1. The first-order valence-corrected chi connectivity index (χ1v) is 8.54. The molecule has 2 saturated carbocycles. The van der Waals surface area contributed by atoms with Crippen LogP contribution in [0.5, 0.6) is 0 Å². The number of nitro benzene ring substituents is 1. The van der Waals surface area contributed by atoms with Crippen molar-refractivity contribution in [2.75, 3.05) is 5.32 Å². The minimum atomic E-state index is -0.436. The van der Waals surface area contributed by atoms with Gasteiger partial charge in [0.05, 0.1) is 22.2 Å². The molecule has 0 saturated heterocycles.